The summed E-state index contributed by atoms with van der Waals surface area (Å²) in [6.07, 6.45) is 5.43. The van der Waals surface area contributed by atoms with Crippen LogP contribution in [0.3, 0.4) is 0 Å². The smallest absolute Gasteiger partial charge is 0.0820 e. The Morgan fingerprint density at radius 1 is 1.57 bits per heavy atom. The van der Waals surface area contributed by atoms with Gasteiger partial charge in [0.15, 0.2) is 0 Å². The zero-order valence-electron chi connectivity index (χ0n) is 8.13. The van der Waals surface area contributed by atoms with E-state index in [9.17, 15) is 0 Å². The van der Waals surface area contributed by atoms with Gasteiger partial charge in [-0.3, -0.25) is 4.98 Å². The van der Waals surface area contributed by atoms with Gasteiger partial charge < -0.3 is 5.32 Å². The summed E-state index contributed by atoms with van der Waals surface area (Å²) >= 11 is 12.0. The van der Waals surface area contributed by atoms with Crippen molar-refractivity contribution in [2.24, 2.45) is 0 Å². The summed E-state index contributed by atoms with van der Waals surface area (Å²) < 4.78 is 0. The van der Waals surface area contributed by atoms with Crippen molar-refractivity contribution in [2.75, 3.05) is 11.9 Å². The average Bonchev–Trinajstić information content (AvgIpc) is 2.17. The summed E-state index contributed by atoms with van der Waals surface area (Å²) in [5.41, 5.74) is 0.892. The van der Waals surface area contributed by atoms with E-state index in [4.69, 9.17) is 23.2 Å². The molecular weight excluding hydrogens is 219 g/mol. The summed E-state index contributed by atoms with van der Waals surface area (Å²) in [7, 11) is 0. The van der Waals surface area contributed by atoms with Crippen LogP contribution in [0.1, 0.15) is 19.8 Å². The van der Waals surface area contributed by atoms with Crippen LogP contribution < -0.4 is 5.32 Å². The van der Waals surface area contributed by atoms with Crippen molar-refractivity contribution >= 4 is 28.9 Å². The van der Waals surface area contributed by atoms with E-state index in [0.717, 1.165) is 25.1 Å². The second-order valence-electron chi connectivity index (χ2n) is 3.12. The summed E-state index contributed by atoms with van der Waals surface area (Å²) in [6.45, 7) is 2.86. The SMILES string of the molecule is CCCC(Cl)CNc1ccncc1Cl. The van der Waals surface area contributed by atoms with Crippen LogP contribution in [0, 0.1) is 0 Å². The minimum absolute atomic E-state index is 0.157. The molecule has 1 aromatic heterocycles. The van der Waals surface area contributed by atoms with Crippen molar-refractivity contribution in [2.45, 2.75) is 25.1 Å². The number of aromatic nitrogens is 1. The second-order valence-corrected chi connectivity index (χ2v) is 4.15. The number of rotatable bonds is 5. The molecule has 0 aliphatic heterocycles. The Kier molecular flexibility index (Phi) is 5.05. The molecule has 4 heteroatoms. The lowest BCUT2D eigenvalue weighted by atomic mass is 10.2. The molecule has 0 saturated heterocycles. The normalized spacial score (nSPS) is 12.5. The van der Waals surface area contributed by atoms with Gasteiger partial charge in [-0.05, 0) is 12.5 Å². The number of pyridine rings is 1. The molecule has 0 bridgehead atoms. The maximum atomic E-state index is 6.06. The van der Waals surface area contributed by atoms with E-state index in [1.165, 1.54) is 0 Å². The van der Waals surface area contributed by atoms with Gasteiger partial charge in [0.05, 0.1) is 16.1 Å². The van der Waals surface area contributed by atoms with E-state index < -0.39 is 0 Å². The van der Waals surface area contributed by atoms with Crippen molar-refractivity contribution in [3.8, 4) is 0 Å². The van der Waals surface area contributed by atoms with E-state index in [2.05, 4.69) is 17.2 Å². The molecule has 0 fully saturated rings. The monoisotopic (exact) mass is 232 g/mol. The van der Waals surface area contributed by atoms with Crippen LogP contribution in [0.15, 0.2) is 18.5 Å². The predicted octanol–water partition coefficient (Wildman–Crippen LogP) is 3.55. The van der Waals surface area contributed by atoms with E-state index in [0.29, 0.717) is 5.02 Å². The molecule has 0 amide bonds. The first kappa shape index (κ1) is 11.6. The highest BCUT2D eigenvalue weighted by atomic mass is 35.5. The molecule has 0 aliphatic rings. The summed E-state index contributed by atoms with van der Waals surface area (Å²) in [5.74, 6) is 0. The molecule has 1 heterocycles. The van der Waals surface area contributed by atoms with Gasteiger partial charge in [0.2, 0.25) is 0 Å². The molecule has 78 valence electrons. The van der Waals surface area contributed by atoms with E-state index in [-0.39, 0.29) is 5.38 Å². The molecule has 1 atom stereocenters. The van der Waals surface area contributed by atoms with Crippen molar-refractivity contribution in [3.05, 3.63) is 23.5 Å². The number of hydrogen-bond acceptors (Lipinski definition) is 2. The molecule has 1 unspecified atom stereocenters. The van der Waals surface area contributed by atoms with Crippen LogP contribution >= 0.6 is 23.2 Å². The van der Waals surface area contributed by atoms with Crippen molar-refractivity contribution in [1.82, 2.24) is 4.98 Å². The highest BCUT2D eigenvalue weighted by Crippen LogP contribution is 2.19. The Balaban J connectivity index is 2.41. The van der Waals surface area contributed by atoms with Crippen LogP contribution in [-0.2, 0) is 0 Å². The summed E-state index contributed by atoms with van der Waals surface area (Å²) in [6, 6.07) is 1.85. The Hall–Kier alpha value is -0.470. The third-order valence-corrected chi connectivity index (χ3v) is 2.56. The first-order valence-corrected chi connectivity index (χ1v) is 5.53. The van der Waals surface area contributed by atoms with E-state index in [1.807, 2.05) is 6.07 Å². The van der Waals surface area contributed by atoms with Gasteiger partial charge in [0, 0.05) is 18.9 Å². The Labute approximate surface area is 94.6 Å². The Morgan fingerprint density at radius 3 is 3.00 bits per heavy atom. The average molecular weight is 233 g/mol. The predicted molar refractivity (Wildman–Crippen MR) is 62.3 cm³/mol. The lowest BCUT2D eigenvalue weighted by Gasteiger charge is -2.11. The fourth-order valence-electron chi connectivity index (χ4n) is 1.15. The summed E-state index contributed by atoms with van der Waals surface area (Å²) in [4.78, 5) is 3.90. The minimum atomic E-state index is 0.157. The number of halogens is 2. The molecule has 0 saturated carbocycles. The van der Waals surface area contributed by atoms with Crippen molar-refractivity contribution in [3.63, 3.8) is 0 Å². The first-order valence-electron chi connectivity index (χ1n) is 4.71. The zero-order valence-corrected chi connectivity index (χ0v) is 9.65. The van der Waals surface area contributed by atoms with Gasteiger partial charge in [0.25, 0.3) is 0 Å². The van der Waals surface area contributed by atoms with Crippen molar-refractivity contribution in [1.29, 1.82) is 0 Å². The maximum absolute atomic E-state index is 6.06. The van der Waals surface area contributed by atoms with Crippen molar-refractivity contribution < 1.29 is 0 Å². The van der Waals surface area contributed by atoms with Crippen LogP contribution in [0.5, 0.6) is 0 Å². The molecule has 0 radical (unpaired) electrons. The number of hydrogen-bond donors (Lipinski definition) is 1. The fourth-order valence-corrected chi connectivity index (χ4v) is 1.64. The minimum Gasteiger partial charge on any atom is -0.382 e. The molecule has 0 aromatic carbocycles. The standard InChI is InChI=1S/C10H14Cl2N2/c1-2-3-8(11)6-14-10-4-5-13-7-9(10)12/h4-5,7-8H,2-3,6H2,1H3,(H,13,14). The van der Waals surface area contributed by atoms with E-state index in [1.54, 1.807) is 12.4 Å². The third kappa shape index (κ3) is 3.72. The molecule has 0 spiro atoms. The van der Waals surface area contributed by atoms with Crippen LogP contribution in [0.4, 0.5) is 5.69 Å². The highest BCUT2D eigenvalue weighted by molar-refractivity contribution is 6.33. The maximum Gasteiger partial charge on any atom is 0.0820 e. The second kappa shape index (κ2) is 6.10. The number of alkyl halides is 1. The molecule has 1 N–H and O–H groups in total. The molecule has 2 nitrogen and oxygen atoms in total. The summed E-state index contributed by atoms with van der Waals surface area (Å²) in [5, 5.41) is 3.98. The number of nitrogens with one attached hydrogen (secondary N) is 1. The molecule has 1 aromatic rings. The molecule has 14 heavy (non-hydrogen) atoms. The van der Waals surface area contributed by atoms with Gasteiger partial charge >= 0.3 is 0 Å². The quantitative estimate of drug-likeness (QED) is 0.786. The number of anilines is 1. The van der Waals surface area contributed by atoms with Gasteiger partial charge in [-0.1, -0.05) is 24.9 Å². The lowest BCUT2D eigenvalue weighted by Crippen LogP contribution is -2.14. The zero-order chi connectivity index (χ0) is 10.4. The van der Waals surface area contributed by atoms with Crippen LogP contribution in [0.25, 0.3) is 0 Å². The molecule has 0 aliphatic carbocycles. The Morgan fingerprint density at radius 2 is 2.36 bits per heavy atom. The Bertz CT molecular complexity index is 279. The van der Waals surface area contributed by atoms with Gasteiger partial charge in [0.1, 0.15) is 0 Å². The topological polar surface area (TPSA) is 24.9 Å². The van der Waals surface area contributed by atoms with Crippen LogP contribution in [0.2, 0.25) is 5.02 Å². The lowest BCUT2D eigenvalue weighted by molar-refractivity contribution is 0.752. The highest BCUT2D eigenvalue weighted by Gasteiger charge is 2.04. The third-order valence-electron chi connectivity index (χ3n) is 1.89. The van der Waals surface area contributed by atoms with Crippen LogP contribution in [-0.4, -0.2) is 16.9 Å². The molecular formula is C10H14Cl2N2. The fraction of sp³-hybridized carbons (Fsp3) is 0.500. The largest absolute Gasteiger partial charge is 0.382 e. The van der Waals surface area contributed by atoms with Gasteiger partial charge in [-0.15, -0.1) is 11.6 Å². The van der Waals surface area contributed by atoms with E-state index >= 15 is 0 Å². The number of nitrogens with zero attached hydrogens (tertiary/aromatic N) is 1. The molecule has 1 rings (SSSR count). The first-order chi connectivity index (χ1) is 6.74. The van der Waals surface area contributed by atoms with Gasteiger partial charge in [-0.2, -0.15) is 0 Å². The van der Waals surface area contributed by atoms with Gasteiger partial charge in [-0.25, -0.2) is 0 Å².